The maximum Gasteiger partial charge on any atom is 0.164 e. The van der Waals surface area contributed by atoms with E-state index in [2.05, 4.69) is 0 Å². The SMILES string of the molecule is CC(O)C(N)c1ccc(N)c(F)c1Cl. The Morgan fingerprint density at radius 1 is 1.50 bits per heavy atom. The molecule has 0 radical (unpaired) electrons. The smallest absolute Gasteiger partial charge is 0.164 e. The molecular weight excluding hydrogens is 207 g/mol. The molecule has 78 valence electrons. The van der Waals surface area contributed by atoms with Gasteiger partial charge in [0.25, 0.3) is 0 Å². The highest BCUT2D eigenvalue weighted by atomic mass is 35.5. The summed E-state index contributed by atoms with van der Waals surface area (Å²) < 4.78 is 13.2. The number of aliphatic hydroxyl groups is 1. The minimum Gasteiger partial charge on any atom is -0.396 e. The van der Waals surface area contributed by atoms with Crippen LogP contribution in [0.25, 0.3) is 0 Å². The van der Waals surface area contributed by atoms with E-state index in [4.69, 9.17) is 23.1 Å². The van der Waals surface area contributed by atoms with Crippen molar-refractivity contribution in [2.45, 2.75) is 19.1 Å². The molecular formula is C9H12ClFN2O. The van der Waals surface area contributed by atoms with E-state index in [1.807, 2.05) is 0 Å². The zero-order chi connectivity index (χ0) is 10.9. The molecule has 0 bridgehead atoms. The lowest BCUT2D eigenvalue weighted by Crippen LogP contribution is -2.23. The van der Waals surface area contributed by atoms with E-state index < -0.39 is 18.0 Å². The predicted molar refractivity (Wildman–Crippen MR) is 54.4 cm³/mol. The van der Waals surface area contributed by atoms with Crippen molar-refractivity contribution in [2.24, 2.45) is 5.73 Å². The largest absolute Gasteiger partial charge is 0.396 e. The number of nitrogen functional groups attached to an aromatic ring is 1. The maximum atomic E-state index is 13.2. The molecule has 0 spiro atoms. The summed E-state index contributed by atoms with van der Waals surface area (Å²) >= 11 is 5.69. The molecule has 2 atom stereocenters. The van der Waals surface area contributed by atoms with Gasteiger partial charge in [-0.3, -0.25) is 0 Å². The minimum atomic E-state index is -0.796. The Morgan fingerprint density at radius 3 is 2.57 bits per heavy atom. The topological polar surface area (TPSA) is 72.3 Å². The lowest BCUT2D eigenvalue weighted by molar-refractivity contribution is 0.164. The number of hydrogen-bond donors (Lipinski definition) is 3. The fourth-order valence-electron chi connectivity index (χ4n) is 1.10. The Balaban J connectivity index is 3.17. The van der Waals surface area contributed by atoms with Crippen molar-refractivity contribution >= 4 is 17.3 Å². The second-order valence-electron chi connectivity index (χ2n) is 3.14. The van der Waals surface area contributed by atoms with Crippen LogP contribution in [-0.2, 0) is 0 Å². The van der Waals surface area contributed by atoms with Gasteiger partial charge in [0, 0.05) is 0 Å². The molecule has 0 fully saturated rings. The van der Waals surface area contributed by atoms with Crippen LogP contribution in [0.15, 0.2) is 12.1 Å². The van der Waals surface area contributed by atoms with Crippen LogP contribution < -0.4 is 11.5 Å². The Bertz CT molecular complexity index is 344. The third-order valence-corrected chi connectivity index (χ3v) is 2.41. The van der Waals surface area contributed by atoms with Gasteiger partial charge in [-0.05, 0) is 18.6 Å². The monoisotopic (exact) mass is 218 g/mol. The van der Waals surface area contributed by atoms with Gasteiger partial charge in [0.1, 0.15) is 0 Å². The van der Waals surface area contributed by atoms with E-state index in [9.17, 15) is 9.50 Å². The average molecular weight is 219 g/mol. The molecule has 1 rings (SSSR count). The van der Waals surface area contributed by atoms with Crippen molar-refractivity contribution in [2.75, 3.05) is 5.73 Å². The van der Waals surface area contributed by atoms with Crippen LogP contribution >= 0.6 is 11.6 Å². The molecule has 0 aromatic heterocycles. The van der Waals surface area contributed by atoms with Gasteiger partial charge in [-0.25, -0.2) is 4.39 Å². The highest BCUT2D eigenvalue weighted by Crippen LogP contribution is 2.29. The summed E-state index contributed by atoms with van der Waals surface area (Å²) in [4.78, 5) is 0. The number of rotatable bonds is 2. The molecule has 5 heteroatoms. The van der Waals surface area contributed by atoms with Gasteiger partial charge in [-0.2, -0.15) is 0 Å². The lowest BCUT2D eigenvalue weighted by atomic mass is 10.0. The van der Waals surface area contributed by atoms with Crippen molar-refractivity contribution < 1.29 is 9.50 Å². The summed E-state index contributed by atoms with van der Waals surface area (Å²) in [5, 5.41) is 9.10. The van der Waals surface area contributed by atoms with E-state index in [1.165, 1.54) is 19.1 Å². The molecule has 0 amide bonds. The fraction of sp³-hybridized carbons (Fsp3) is 0.333. The summed E-state index contributed by atoms with van der Waals surface area (Å²) in [5.74, 6) is -0.694. The molecule has 5 N–H and O–H groups in total. The number of anilines is 1. The molecule has 1 aromatic carbocycles. The molecule has 0 aliphatic heterocycles. The van der Waals surface area contributed by atoms with Gasteiger partial charge >= 0.3 is 0 Å². The van der Waals surface area contributed by atoms with Crippen molar-refractivity contribution in [3.05, 3.63) is 28.5 Å². The van der Waals surface area contributed by atoms with E-state index in [0.717, 1.165) is 0 Å². The van der Waals surface area contributed by atoms with Crippen molar-refractivity contribution in [1.82, 2.24) is 0 Å². The van der Waals surface area contributed by atoms with Crippen molar-refractivity contribution in [3.8, 4) is 0 Å². The lowest BCUT2D eigenvalue weighted by Gasteiger charge is -2.17. The van der Waals surface area contributed by atoms with Gasteiger partial charge in [-0.15, -0.1) is 0 Å². The number of benzene rings is 1. The Hall–Kier alpha value is -0.840. The molecule has 0 heterocycles. The first-order chi connectivity index (χ1) is 6.45. The molecule has 2 unspecified atom stereocenters. The normalized spacial score (nSPS) is 15.2. The first kappa shape index (κ1) is 11.2. The highest BCUT2D eigenvalue weighted by molar-refractivity contribution is 6.31. The molecule has 1 aromatic rings. The average Bonchev–Trinajstić information content (AvgIpc) is 2.13. The third-order valence-electron chi connectivity index (χ3n) is 2.02. The van der Waals surface area contributed by atoms with Crippen LogP contribution in [0, 0.1) is 5.82 Å². The Kier molecular flexibility index (Phi) is 3.31. The van der Waals surface area contributed by atoms with Crippen LogP contribution in [0.3, 0.4) is 0 Å². The maximum absolute atomic E-state index is 13.2. The predicted octanol–water partition coefficient (Wildman–Crippen LogP) is 1.44. The fourth-order valence-corrected chi connectivity index (χ4v) is 1.39. The standard InChI is InChI=1S/C9H12ClFN2O/c1-4(14)9(13)5-2-3-6(12)8(11)7(5)10/h2-4,9,14H,12-13H2,1H3. The van der Waals surface area contributed by atoms with Gasteiger partial charge in [0.05, 0.1) is 22.9 Å². The Labute approximate surface area is 86.5 Å². The Morgan fingerprint density at radius 2 is 2.07 bits per heavy atom. The number of hydrogen-bond acceptors (Lipinski definition) is 3. The number of nitrogens with two attached hydrogens (primary N) is 2. The summed E-state index contributed by atoms with van der Waals surface area (Å²) in [6, 6.07) is 2.18. The zero-order valence-corrected chi connectivity index (χ0v) is 8.42. The van der Waals surface area contributed by atoms with Crippen LogP contribution in [0.5, 0.6) is 0 Å². The van der Waals surface area contributed by atoms with Crippen LogP contribution in [0.4, 0.5) is 10.1 Å². The van der Waals surface area contributed by atoms with E-state index >= 15 is 0 Å². The van der Waals surface area contributed by atoms with Gasteiger partial charge in [-0.1, -0.05) is 17.7 Å². The van der Waals surface area contributed by atoms with E-state index in [1.54, 1.807) is 0 Å². The summed E-state index contributed by atoms with van der Waals surface area (Å²) in [7, 11) is 0. The minimum absolute atomic E-state index is 0.0310. The van der Waals surface area contributed by atoms with Crippen LogP contribution in [-0.4, -0.2) is 11.2 Å². The first-order valence-electron chi connectivity index (χ1n) is 4.12. The second-order valence-corrected chi connectivity index (χ2v) is 3.52. The number of aliphatic hydroxyl groups excluding tert-OH is 1. The van der Waals surface area contributed by atoms with Crippen LogP contribution in [0.2, 0.25) is 5.02 Å². The van der Waals surface area contributed by atoms with Gasteiger partial charge in [0.2, 0.25) is 0 Å². The third kappa shape index (κ3) is 1.97. The highest BCUT2D eigenvalue weighted by Gasteiger charge is 2.18. The molecule has 0 saturated carbocycles. The van der Waals surface area contributed by atoms with Crippen molar-refractivity contribution in [3.63, 3.8) is 0 Å². The quantitative estimate of drug-likeness (QED) is 0.658. The molecule has 0 saturated heterocycles. The summed E-state index contributed by atoms with van der Waals surface area (Å²) in [6.45, 7) is 1.51. The summed E-state index contributed by atoms with van der Waals surface area (Å²) in [5.41, 5.74) is 11.2. The second kappa shape index (κ2) is 4.13. The molecule has 14 heavy (non-hydrogen) atoms. The first-order valence-corrected chi connectivity index (χ1v) is 4.50. The van der Waals surface area contributed by atoms with Gasteiger partial charge < -0.3 is 16.6 Å². The molecule has 3 nitrogen and oxygen atoms in total. The van der Waals surface area contributed by atoms with E-state index in [-0.39, 0.29) is 10.7 Å². The molecule has 0 aliphatic rings. The zero-order valence-electron chi connectivity index (χ0n) is 7.67. The van der Waals surface area contributed by atoms with Crippen LogP contribution in [0.1, 0.15) is 18.5 Å². The van der Waals surface area contributed by atoms with Crippen molar-refractivity contribution in [1.29, 1.82) is 0 Å². The van der Waals surface area contributed by atoms with Gasteiger partial charge in [0.15, 0.2) is 5.82 Å². The van der Waals surface area contributed by atoms with E-state index in [0.29, 0.717) is 5.56 Å². The summed E-state index contributed by atoms with van der Waals surface area (Å²) in [6.07, 6.45) is -0.796. The number of halogens is 2. The molecule has 0 aliphatic carbocycles.